The summed E-state index contributed by atoms with van der Waals surface area (Å²) in [6.45, 7) is -1.80. The summed E-state index contributed by atoms with van der Waals surface area (Å²) >= 11 is 9.55. The van der Waals surface area contributed by atoms with Gasteiger partial charge in [0.25, 0.3) is 11.1 Å². The van der Waals surface area contributed by atoms with E-state index >= 15 is 0 Å². The van der Waals surface area contributed by atoms with Gasteiger partial charge in [0.15, 0.2) is 28.9 Å². The molecule has 3 aromatic heterocycles. The third kappa shape index (κ3) is 6.48. The van der Waals surface area contributed by atoms with Crippen LogP contribution in [0, 0.1) is 0 Å². The molecule has 1 fully saturated rings. The lowest BCUT2D eigenvalue weighted by atomic mass is 10.1. The fourth-order valence-electron chi connectivity index (χ4n) is 4.58. The molecule has 0 aliphatic carbocycles. The van der Waals surface area contributed by atoms with Gasteiger partial charge in [-0.15, -0.1) is 12.6 Å². The fourth-order valence-corrected chi connectivity index (χ4v) is 7.11. The maximum absolute atomic E-state index is 12.6. The number of ether oxygens (including phenoxy) is 2. The first-order valence-electron chi connectivity index (χ1n) is 12.8. The molecule has 1 saturated heterocycles. The molecule has 6 heterocycles. The van der Waals surface area contributed by atoms with Crippen molar-refractivity contribution < 1.29 is 52.0 Å². The molecule has 0 saturated carbocycles. The Balaban J connectivity index is 1.08. The van der Waals surface area contributed by atoms with Gasteiger partial charge in [-0.1, -0.05) is 12.2 Å². The maximum atomic E-state index is 12.6. The average Bonchev–Trinajstić information content (AvgIpc) is 3.52. The van der Waals surface area contributed by atoms with Crippen LogP contribution in [-0.4, -0.2) is 97.8 Å². The van der Waals surface area contributed by atoms with Crippen molar-refractivity contribution in [3.63, 3.8) is 0 Å². The first-order valence-corrected chi connectivity index (χ1v) is 16.7. The summed E-state index contributed by atoms with van der Waals surface area (Å²) in [7, 11) is -10.8. The minimum absolute atomic E-state index is 0.0206. The van der Waals surface area contributed by atoms with Crippen LogP contribution in [-0.2, 0) is 32.0 Å². The number of nitrogens with zero attached hydrogens (tertiary/aromatic N) is 5. The zero-order valence-electron chi connectivity index (χ0n) is 23.0. The van der Waals surface area contributed by atoms with E-state index in [0.717, 1.165) is 10.9 Å². The van der Waals surface area contributed by atoms with Gasteiger partial charge >= 0.3 is 15.6 Å². The third-order valence-corrected chi connectivity index (χ3v) is 10.3. The van der Waals surface area contributed by atoms with Crippen LogP contribution in [0.3, 0.4) is 0 Å². The van der Waals surface area contributed by atoms with E-state index in [4.69, 9.17) is 42.2 Å². The largest absolute Gasteiger partial charge is 0.481 e. The Kier molecular flexibility index (Phi) is 8.61. The minimum atomic E-state index is -5.40. The maximum Gasteiger partial charge on any atom is 0.481 e. The summed E-state index contributed by atoms with van der Waals surface area (Å²) < 4.78 is 51.2. The molecule has 27 heteroatoms. The molecule has 0 radical (unpaired) electrons. The van der Waals surface area contributed by atoms with Crippen molar-refractivity contribution in [3.8, 4) is 0 Å². The quantitative estimate of drug-likeness (QED) is 0.0665. The summed E-state index contributed by atoms with van der Waals surface area (Å²) in [5.74, 6) is -0.735. The SMILES string of the molecule is Nc1nc2c(c(=O)[nH]1)N=C1C(=S)C(S)=C(COP(=O)(O)OP(=O)(O)OC[C@H]3O[C@@H](n4cnc5c(=O)[nH]c(N)nc54)[C@H](O)[C@@H]3O)O[C@H]1N2. The Morgan fingerprint density at radius 1 is 1.06 bits per heavy atom. The van der Waals surface area contributed by atoms with Crippen molar-refractivity contribution in [2.24, 2.45) is 4.99 Å². The van der Waals surface area contributed by atoms with Gasteiger partial charge in [0.2, 0.25) is 18.1 Å². The molecule has 3 aromatic rings. The standard InChI is InChI=1S/C20H22N10O13P2S2/c21-19-26-13-7(15(33)28-19)24-6-12(47)11(46)5(41-17(6)25-13)2-40-45(37,38)43-44(35,36)39-1-4-9(31)10(32)18(42-4)30-3-23-8-14(30)27-20(22)29-16(8)34/h3-4,9-10,17-18,31-32,46H,1-2H2,(H,35,36)(H,37,38)(H3,22,27,29,34)(H4,21,25,26,28,33)/t4-,9-,10-,17-,18-/m1/s1. The van der Waals surface area contributed by atoms with E-state index in [9.17, 15) is 38.7 Å². The molecule has 0 spiro atoms. The van der Waals surface area contributed by atoms with E-state index in [1.54, 1.807) is 0 Å². The lowest BCUT2D eigenvalue weighted by molar-refractivity contribution is -0.0504. The Bertz CT molecular complexity index is 2090. The normalized spacial score (nSPS) is 26.5. The number of thiol groups is 1. The van der Waals surface area contributed by atoms with Gasteiger partial charge in [-0.2, -0.15) is 14.3 Å². The number of anilines is 3. The van der Waals surface area contributed by atoms with Crippen molar-refractivity contribution in [2.75, 3.05) is 30.0 Å². The number of aliphatic hydroxyl groups is 2. The van der Waals surface area contributed by atoms with Crippen LogP contribution in [0.25, 0.3) is 11.2 Å². The number of H-pyrrole nitrogens is 2. The van der Waals surface area contributed by atoms with Crippen molar-refractivity contribution in [1.82, 2.24) is 29.5 Å². The van der Waals surface area contributed by atoms with Crippen molar-refractivity contribution in [3.05, 3.63) is 37.7 Å². The molecule has 11 N–H and O–H groups in total. The highest BCUT2D eigenvalue weighted by Crippen LogP contribution is 2.61. The number of fused-ring (bicyclic) bond motifs is 3. The molecule has 23 nitrogen and oxygen atoms in total. The van der Waals surface area contributed by atoms with Crippen molar-refractivity contribution in [1.29, 1.82) is 0 Å². The summed E-state index contributed by atoms with van der Waals surface area (Å²) in [4.78, 5) is 64.8. The number of nitrogen functional groups attached to an aromatic ring is 2. The Labute approximate surface area is 270 Å². The Hall–Kier alpha value is -3.58. The molecular formula is C20H22N10O13P2S2. The first-order chi connectivity index (χ1) is 22.0. The lowest BCUT2D eigenvalue weighted by Crippen LogP contribution is -2.44. The van der Waals surface area contributed by atoms with Gasteiger partial charge in [-0.25, -0.2) is 19.1 Å². The van der Waals surface area contributed by atoms with Gasteiger partial charge < -0.3 is 46.3 Å². The van der Waals surface area contributed by atoms with Crippen LogP contribution in [0.5, 0.6) is 0 Å². The zero-order valence-corrected chi connectivity index (χ0v) is 26.5. The number of nitrogens with one attached hydrogen (secondary N) is 3. The zero-order chi connectivity index (χ0) is 34.0. The van der Waals surface area contributed by atoms with Gasteiger partial charge in [0, 0.05) is 0 Å². The van der Waals surface area contributed by atoms with Gasteiger partial charge in [-0.05, 0) is 0 Å². The number of aliphatic hydroxyl groups excluding tert-OH is 2. The molecule has 0 aromatic carbocycles. The van der Waals surface area contributed by atoms with Gasteiger partial charge in [0.05, 0.1) is 22.7 Å². The number of nitrogens with two attached hydrogens (primary N) is 2. The number of aliphatic imine (C=N–C) groups is 1. The molecule has 2 unspecified atom stereocenters. The molecule has 252 valence electrons. The van der Waals surface area contributed by atoms with Crippen LogP contribution in [0.15, 0.2) is 31.6 Å². The number of hydrogen-bond acceptors (Lipinski definition) is 20. The number of thiocarbonyl (C=S) groups is 1. The predicted octanol–water partition coefficient (Wildman–Crippen LogP) is -1.70. The number of aromatic nitrogens is 6. The van der Waals surface area contributed by atoms with E-state index < -0.39 is 70.7 Å². The highest BCUT2D eigenvalue weighted by atomic mass is 32.1. The lowest BCUT2D eigenvalue weighted by Gasteiger charge is -2.32. The van der Waals surface area contributed by atoms with E-state index in [-0.39, 0.29) is 55.8 Å². The molecule has 7 atom stereocenters. The fraction of sp³-hybridized carbons (Fsp3) is 0.350. The van der Waals surface area contributed by atoms with Gasteiger partial charge in [-0.3, -0.25) is 33.2 Å². The van der Waals surface area contributed by atoms with Crippen molar-refractivity contribution in [2.45, 2.75) is 30.8 Å². The molecule has 3 aliphatic rings. The Morgan fingerprint density at radius 2 is 1.74 bits per heavy atom. The van der Waals surface area contributed by atoms with Gasteiger partial charge in [0.1, 0.15) is 36.4 Å². The second-order valence-corrected chi connectivity index (χ2v) is 13.7. The van der Waals surface area contributed by atoms with Crippen molar-refractivity contribution >= 4 is 85.6 Å². The second-order valence-electron chi connectivity index (χ2n) is 9.80. The first kappa shape index (κ1) is 33.3. The Morgan fingerprint density at radius 3 is 2.49 bits per heavy atom. The summed E-state index contributed by atoms with van der Waals surface area (Å²) in [6, 6.07) is 0. The minimum Gasteiger partial charge on any atom is -0.465 e. The number of phosphoric acid groups is 2. The predicted molar refractivity (Wildman–Crippen MR) is 165 cm³/mol. The summed E-state index contributed by atoms with van der Waals surface area (Å²) in [5.41, 5.74) is 9.49. The highest BCUT2D eigenvalue weighted by Gasteiger charge is 2.46. The molecule has 6 rings (SSSR count). The summed E-state index contributed by atoms with van der Waals surface area (Å²) in [6.07, 6.45) is -6.34. The second kappa shape index (κ2) is 12.1. The third-order valence-electron chi connectivity index (χ3n) is 6.66. The number of aromatic amines is 2. The molecular weight excluding hydrogens is 714 g/mol. The van der Waals surface area contributed by atoms with E-state index in [1.165, 1.54) is 0 Å². The van der Waals surface area contributed by atoms with Crippen LogP contribution < -0.4 is 27.9 Å². The smallest absolute Gasteiger partial charge is 0.465 e. The number of imidazole rings is 1. The van der Waals surface area contributed by atoms with Crippen LogP contribution in [0.1, 0.15) is 6.23 Å². The number of hydrogen-bond donors (Lipinski definition) is 10. The number of phosphoric ester groups is 2. The summed E-state index contributed by atoms with van der Waals surface area (Å²) in [5, 5.41) is 23.7. The number of rotatable bonds is 9. The molecule has 47 heavy (non-hydrogen) atoms. The number of allylic oxidation sites excluding steroid dienone is 1. The molecule has 3 aliphatic heterocycles. The average molecular weight is 737 g/mol. The molecule has 0 amide bonds. The van der Waals surface area contributed by atoms with Crippen LogP contribution in [0.2, 0.25) is 0 Å². The van der Waals surface area contributed by atoms with E-state index in [1.807, 2.05) is 0 Å². The topological polar surface area (TPSA) is 347 Å². The van der Waals surface area contributed by atoms with E-state index in [2.05, 4.69) is 52.2 Å². The highest BCUT2D eigenvalue weighted by molar-refractivity contribution is 7.91. The molecule has 0 bridgehead atoms. The van der Waals surface area contributed by atoms with E-state index in [0.29, 0.717) is 0 Å². The van der Waals surface area contributed by atoms with Crippen LogP contribution in [0.4, 0.5) is 23.4 Å². The monoisotopic (exact) mass is 736 g/mol. The van der Waals surface area contributed by atoms with Crippen LogP contribution >= 0.6 is 40.5 Å².